The van der Waals surface area contributed by atoms with E-state index in [1.165, 1.54) is 19.1 Å². The minimum absolute atomic E-state index is 0.109. The summed E-state index contributed by atoms with van der Waals surface area (Å²) in [5, 5.41) is 6.56. The Morgan fingerprint density at radius 3 is 1.72 bits per heavy atom. The molecule has 3 aromatic heterocycles. The van der Waals surface area contributed by atoms with Crippen LogP contribution in [0, 0.1) is 18.8 Å². The maximum absolute atomic E-state index is 13.7. The first kappa shape index (κ1) is 40.5. The number of hydrogen-bond acceptors (Lipinski definition) is 9. The van der Waals surface area contributed by atoms with Crippen LogP contribution in [0.15, 0.2) is 54.9 Å². The highest BCUT2D eigenvalue weighted by molar-refractivity contribution is 7.19. The number of hydrogen-bond donors (Lipinski definition) is 4. The number of imidazole rings is 2. The third-order valence-electron chi connectivity index (χ3n) is 11.3. The van der Waals surface area contributed by atoms with Gasteiger partial charge in [-0.05, 0) is 67.2 Å². The summed E-state index contributed by atoms with van der Waals surface area (Å²) in [6.07, 6.45) is 5.65. The van der Waals surface area contributed by atoms with E-state index < -0.39 is 24.3 Å². The topological polar surface area (TPSA) is 175 Å². The molecule has 5 heterocycles. The molecule has 2 aliphatic rings. The highest BCUT2D eigenvalue weighted by Gasteiger charge is 2.39. The highest BCUT2D eigenvalue weighted by atomic mass is 32.1. The summed E-state index contributed by atoms with van der Waals surface area (Å²) in [6.45, 7) is 10.9. The summed E-state index contributed by atoms with van der Waals surface area (Å²) in [5.41, 5.74) is 5.96. The lowest BCUT2D eigenvalue weighted by Crippen LogP contribution is -2.51. The zero-order valence-electron chi connectivity index (χ0n) is 34.0. The minimum Gasteiger partial charge on any atom is -0.453 e. The first-order valence-electron chi connectivity index (χ1n) is 19.9. The lowest BCUT2D eigenvalue weighted by molar-refractivity contribution is -0.136. The molecule has 306 valence electrons. The van der Waals surface area contributed by atoms with Crippen LogP contribution in [-0.2, 0) is 19.1 Å². The molecule has 4 amide bonds. The van der Waals surface area contributed by atoms with Gasteiger partial charge in [0.15, 0.2) is 0 Å². The van der Waals surface area contributed by atoms with Crippen LogP contribution >= 0.6 is 11.3 Å². The molecule has 2 aliphatic heterocycles. The number of amides is 4. The molecule has 2 aromatic carbocycles. The first-order chi connectivity index (χ1) is 27.9. The maximum atomic E-state index is 13.7. The molecule has 0 spiro atoms. The average Bonchev–Trinajstić information content (AvgIpc) is 4.06. The number of aryl methyl sites for hydroxylation is 1. The van der Waals surface area contributed by atoms with Crippen LogP contribution in [0.4, 0.5) is 9.59 Å². The predicted octanol–water partition coefficient (Wildman–Crippen LogP) is 7.75. The number of benzene rings is 2. The van der Waals surface area contributed by atoms with E-state index in [9.17, 15) is 19.2 Å². The standard InChI is InChI=1S/C43H52N8O6S/c1-23(2)35(48-42(54)56-6)40(52)50-18-8-10-33(50)38-44-21-31(46-38)27-14-12-26(13-15-27)28-16-17-29(37-30(28)20-25(5)58-37)32-22-45-39(47-32)34-11-9-19-51(34)41(53)36(24(3)4)49-43(55)57-7/h12-17,20-24,33-36H,8-11,18-19H2,1-7H3,(H,44,46)(H,45,47)(H,48,54)(H,49,55). The molecule has 0 aliphatic carbocycles. The van der Waals surface area contributed by atoms with Crippen molar-refractivity contribution < 1.29 is 28.7 Å². The number of ether oxygens (including phenoxy) is 2. The van der Waals surface area contributed by atoms with E-state index in [1.54, 1.807) is 11.3 Å². The van der Waals surface area contributed by atoms with E-state index in [2.05, 4.69) is 70.0 Å². The molecule has 5 aromatic rings. The van der Waals surface area contributed by atoms with Crippen LogP contribution in [0.1, 0.15) is 82.0 Å². The van der Waals surface area contributed by atoms with Gasteiger partial charge < -0.3 is 39.9 Å². The van der Waals surface area contributed by atoms with Gasteiger partial charge in [-0.15, -0.1) is 11.3 Å². The van der Waals surface area contributed by atoms with Gasteiger partial charge in [0.1, 0.15) is 23.7 Å². The second-order valence-corrected chi connectivity index (χ2v) is 17.1. The summed E-state index contributed by atoms with van der Waals surface area (Å²) >= 11 is 1.74. The summed E-state index contributed by atoms with van der Waals surface area (Å²) in [7, 11) is 2.59. The van der Waals surface area contributed by atoms with Crippen molar-refractivity contribution in [3.8, 4) is 33.6 Å². The molecule has 0 bridgehead atoms. The van der Waals surface area contributed by atoms with Gasteiger partial charge in [-0.1, -0.05) is 64.1 Å². The number of nitrogens with one attached hydrogen (secondary N) is 4. The molecular weight excluding hydrogens is 757 g/mol. The van der Waals surface area contributed by atoms with Crippen molar-refractivity contribution in [2.45, 2.75) is 84.5 Å². The van der Waals surface area contributed by atoms with Gasteiger partial charge in [0.05, 0.1) is 50.1 Å². The average molecular weight is 809 g/mol. The number of nitrogens with zero attached hydrogens (tertiary/aromatic N) is 4. The van der Waals surface area contributed by atoms with Crippen molar-refractivity contribution >= 4 is 45.4 Å². The minimum atomic E-state index is -0.697. The second-order valence-electron chi connectivity index (χ2n) is 15.8. The van der Waals surface area contributed by atoms with Gasteiger partial charge in [0.25, 0.3) is 0 Å². The zero-order valence-corrected chi connectivity index (χ0v) is 34.9. The summed E-state index contributed by atoms with van der Waals surface area (Å²) in [4.78, 5) is 72.7. The number of H-pyrrole nitrogens is 2. The summed E-state index contributed by atoms with van der Waals surface area (Å²) in [6, 6.07) is 13.1. The Labute approximate surface area is 342 Å². The fraction of sp³-hybridized carbons (Fsp3) is 0.442. The molecule has 58 heavy (non-hydrogen) atoms. The molecule has 2 fully saturated rings. The quantitative estimate of drug-likeness (QED) is 0.105. The Morgan fingerprint density at radius 2 is 1.21 bits per heavy atom. The number of rotatable bonds is 11. The van der Waals surface area contributed by atoms with Gasteiger partial charge in [-0.3, -0.25) is 9.59 Å². The molecule has 4 N–H and O–H groups in total. The second kappa shape index (κ2) is 17.0. The normalized spacial score (nSPS) is 17.9. The van der Waals surface area contributed by atoms with E-state index in [-0.39, 0.29) is 35.7 Å². The molecule has 0 radical (unpaired) electrons. The number of thiophene rings is 1. The SMILES string of the molecule is COC(=O)NC(C(=O)N1CCCC1c1ncc(-c2ccc(-c3ccc(-c4cnc(C5CCCN5C(=O)C(NC(=O)OC)C(C)C)[nH]4)c4sc(C)cc34)cc2)[nH]1)C(C)C. The van der Waals surface area contributed by atoms with Crippen LogP contribution in [0.5, 0.6) is 0 Å². The van der Waals surface area contributed by atoms with Crippen molar-refractivity contribution in [2.75, 3.05) is 27.3 Å². The van der Waals surface area contributed by atoms with Crippen LogP contribution in [-0.4, -0.2) is 93.1 Å². The number of aromatic nitrogens is 4. The molecule has 0 saturated carbocycles. The molecule has 4 atom stereocenters. The lowest BCUT2D eigenvalue weighted by Gasteiger charge is -2.30. The molecule has 7 rings (SSSR count). The molecule has 2 saturated heterocycles. The third kappa shape index (κ3) is 8.04. The van der Waals surface area contributed by atoms with Crippen LogP contribution in [0.2, 0.25) is 0 Å². The smallest absolute Gasteiger partial charge is 0.407 e. The lowest BCUT2D eigenvalue weighted by atomic mass is 9.97. The highest BCUT2D eigenvalue weighted by Crippen LogP contribution is 2.41. The van der Waals surface area contributed by atoms with E-state index in [1.807, 2.05) is 49.9 Å². The largest absolute Gasteiger partial charge is 0.453 e. The Balaban J connectivity index is 1.09. The van der Waals surface area contributed by atoms with E-state index in [0.29, 0.717) is 13.1 Å². The Hall–Kier alpha value is -5.70. The van der Waals surface area contributed by atoms with Gasteiger partial charge in [-0.25, -0.2) is 19.6 Å². The zero-order chi connectivity index (χ0) is 41.2. The maximum Gasteiger partial charge on any atom is 0.407 e. The van der Waals surface area contributed by atoms with Crippen molar-refractivity contribution in [1.29, 1.82) is 0 Å². The van der Waals surface area contributed by atoms with Crippen LogP contribution in [0.25, 0.3) is 43.7 Å². The van der Waals surface area contributed by atoms with Gasteiger partial charge in [0, 0.05) is 33.6 Å². The van der Waals surface area contributed by atoms with Crippen molar-refractivity contribution in [3.63, 3.8) is 0 Å². The Morgan fingerprint density at radius 1 is 0.724 bits per heavy atom. The van der Waals surface area contributed by atoms with Gasteiger partial charge in [-0.2, -0.15) is 0 Å². The van der Waals surface area contributed by atoms with Crippen molar-refractivity contribution in [2.24, 2.45) is 11.8 Å². The molecule has 15 heteroatoms. The number of carbonyl (C=O) groups is 4. The van der Waals surface area contributed by atoms with E-state index >= 15 is 0 Å². The fourth-order valence-electron chi connectivity index (χ4n) is 8.22. The number of likely N-dealkylation sites (tertiary alicyclic amines) is 2. The summed E-state index contributed by atoms with van der Waals surface area (Å²) < 4.78 is 10.7. The number of alkyl carbamates (subject to hydrolysis) is 2. The van der Waals surface area contributed by atoms with Gasteiger partial charge in [0.2, 0.25) is 11.8 Å². The fourth-order valence-corrected chi connectivity index (χ4v) is 9.29. The molecule has 4 unspecified atom stereocenters. The number of methoxy groups -OCH3 is 2. The Kier molecular flexibility index (Phi) is 11.9. The summed E-state index contributed by atoms with van der Waals surface area (Å²) in [5.74, 6) is 0.949. The van der Waals surface area contributed by atoms with E-state index in [0.717, 1.165) is 81.1 Å². The molecular formula is C43H52N8O6S. The number of fused-ring (bicyclic) bond motifs is 1. The van der Waals surface area contributed by atoms with E-state index in [4.69, 9.17) is 19.4 Å². The van der Waals surface area contributed by atoms with Crippen LogP contribution in [0.3, 0.4) is 0 Å². The first-order valence-corrected chi connectivity index (χ1v) is 20.7. The molecule has 14 nitrogen and oxygen atoms in total. The monoisotopic (exact) mass is 808 g/mol. The Bertz CT molecular complexity index is 2290. The predicted molar refractivity (Wildman–Crippen MR) is 223 cm³/mol. The van der Waals surface area contributed by atoms with Crippen molar-refractivity contribution in [3.05, 3.63) is 71.4 Å². The number of carbonyl (C=O) groups excluding carboxylic acids is 4. The van der Waals surface area contributed by atoms with Crippen molar-refractivity contribution in [1.82, 2.24) is 40.4 Å². The van der Waals surface area contributed by atoms with Gasteiger partial charge >= 0.3 is 12.2 Å². The number of aromatic amines is 2. The third-order valence-corrected chi connectivity index (χ3v) is 12.4. The van der Waals surface area contributed by atoms with Crippen LogP contribution < -0.4 is 10.6 Å².